The van der Waals surface area contributed by atoms with Crippen LogP contribution in [-0.4, -0.2) is 7.85 Å². The van der Waals surface area contributed by atoms with Crippen molar-refractivity contribution in [3.63, 3.8) is 0 Å². The summed E-state index contributed by atoms with van der Waals surface area (Å²) >= 11 is 4.01. The highest BCUT2D eigenvalue weighted by atomic mass is 32.1. The van der Waals surface area contributed by atoms with E-state index in [1.54, 1.807) is 12.1 Å². The molecule has 0 spiro atoms. The van der Waals surface area contributed by atoms with Crippen molar-refractivity contribution >= 4 is 36.9 Å². The summed E-state index contributed by atoms with van der Waals surface area (Å²) in [6.07, 6.45) is 0. The van der Waals surface area contributed by atoms with E-state index in [4.69, 9.17) is 12.3 Å². The second-order valence-electron chi connectivity index (χ2n) is 3.16. The lowest BCUT2D eigenvalue weighted by Crippen LogP contribution is -2.08. The van der Waals surface area contributed by atoms with Crippen LogP contribution in [0.15, 0.2) is 32.5 Å². The Balaban J connectivity index is 3.02. The first-order valence-electron chi connectivity index (χ1n) is 4.11. The summed E-state index contributed by atoms with van der Waals surface area (Å²) in [6.45, 7) is 1.84. The van der Waals surface area contributed by atoms with Crippen LogP contribution in [0.3, 0.4) is 0 Å². The van der Waals surface area contributed by atoms with Crippen LogP contribution in [0, 0.1) is 6.92 Å². The van der Waals surface area contributed by atoms with Crippen molar-refractivity contribution in [2.45, 2.75) is 12.0 Å². The molecule has 0 saturated heterocycles. The number of rotatable bonds is 0. The molecule has 2 radical (unpaired) electrons. The SMILES string of the molecule is [B]c1cc(C)c2oc(S)cc(=O)c2c1. The first kappa shape index (κ1) is 9.40. The number of hydrogen-bond acceptors (Lipinski definition) is 3. The van der Waals surface area contributed by atoms with E-state index < -0.39 is 0 Å². The number of benzene rings is 1. The van der Waals surface area contributed by atoms with Gasteiger partial charge in [0.1, 0.15) is 13.4 Å². The van der Waals surface area contributed by atoms with E-state index in [1.165, 1.54) is 6.07 Å². The van der Waals surface area contributed by atoms with Gasteiger partial charge in [-0.05, 0) is 12.5 Å². The summed E-state index contributed by atoms with van der Waals surface area (Å²) in [4.78, 5) is 11.5. The minimum absolute atomic E-state index is 0.119. The monoisotopic (exact) mass is 202 g/mol. The fourth-order valence-corrected chi connectivity index (χ4v) is 1.65. The first-order chi connectivity index (χ1) is 6.58. The van der Waals surface area contributed by atoms with Gasteiger partial charge in [-0.15, -0.1) is 12.6 Å². The van der Waals surface area contributed by atoms with Gasteiger partial charge in [-0.3, -0.25) is 4.79 Å². The lowest BCUT2D eigenvalue weighted by molar-refractivity contribution is 0.500. The van der Waals surface area contributed by atoms with Crippen LogP contribution in [0.2, 0.25) is 0 Å². The molecule has 2 nitrogen and oxygen atoms in total. The van der Waals surface area contributed by atoms with E-state index in [0.29, 0.717) is 21.5 Å². The largest absolute Gasteiger partial charge is 0.450 e. The van der Waals surface area contributed by atoms with Gasteiger partial charge in [-0.25, -0.2) is 0 Å². The van der Waals surface area contributed by atoms with Gasteiger partial charge >= 0.3 is 0 Å². The molecule has 2 aromatic rings. The topological polar surface area (TPSA) is 30.2 Å². The van der Waals surface area contributed by atoms with E-state index >= 15 is 0 Å². The summed E-state index contributed by atoms with van der Waals surface area (Å²) in [5.41, 5.74) is 1.84. The van der Waals surface area contributed by atoms with Gasteiger partial charge in [0.05, 0.1) is 5.39 Å². The maximum Gasteiger partial charge on any atom is 0.193 e. The smallest absolute Gasteiger partial charge is 0.193 e. The molecule has 0 aliphatic carbocycles. The zero-order valence-corrected chi connectivity index (χ0v) is 8.47. The van der Waals surface area contributed by atoms with Crippen molar-refractivity contribution in [1.29, 1.82) is 0 Å². The molecule has 2 rings (SSSR count). The highest BCUT2D eigenvalue weighted by Crippen LogP contribution is 2.16. The predicted molar refractivity (Wildman–Crippen MR) is 59.9 cm³/mol. The van der Waals surface area contributed by atoms with Crippen LogP contribution in [0.1, 0.15) is 5.56 Å². The van der Waals surface area contributed by atoms with Gasteiger partial charge in [0.25, 0.3) is 0 Å². The Labute approximate surface area is 87.8 Å². The third kappa shape index (κ3) is 1.46. The molecule has 68 valence electrons. The molecule has 0 aliphatic rings. The molecule has 0 saturated carbocycles. The highest BCUT2D eigenvalue weighted by Gasteiger charge is 2.05. The summed E-state index contributed by atoms with van der Waals surface area (Å²) < 4.78 is 5.34. The van der Waals surface area contributed by atoms with E-state index in [9.17, 15) is 4.79 Å². The van der Waals surface area contributed by atoms with Gasteiger partial charge in [-0.1, -0.05) is 17.6 Å². The maximum absolute atomic E-state index is 11.5. The van der Waals surface area contributed by atoms with Gasteiger partial charge in [0.15, 0.2) is 10.5 Å². The summed E-state index contributed by atoms with van der Waals surface area (Å²) in [7, 11) is 5.63. The molecule has 0 atom stereocenters. The Morgan fingerprint density at radius 3 is 2.79 bits per heavy atom. The van der Waals surface area contributed by atoms with Gasteiger partial charge in [0, 0.05) is 6.07 Å². The van der Waals surface area contributed by atoms with E-state index in [0.717, 1.165) is 5.56 Å². The quantitative estimate of drug-likeness (QED) is 0.513. The highest BCUT2D eigenvalue weighted by molar-refractivity contribution is 7.80. The Kier molecular flexibility index (Phi) is 2.15. The number of fused-ring (bicyclic) bond motifs is 1. The minimum Gasteiger partial charge on any atom is -0.450 e. The number of hydrogen-bond donors (Lipinski definition) is 1. The minimum atomic E-state index is -0.119. The van der Waals surface area contributed by atoms with Crippen LogP contribution in [0.25, 0.3) is 11.0 Å². The van der Waals surface area contributed by atoms with Crippen molar-refractivity contribution < 1.29 is 4.42 Å². The zero-order valence-electron chi connectivity index (χ0n) is 7.57. The molecule has 1 aromatic heterocycles. The number of aryl methyl sites for hydroxylation is 1. The van der Waals surface area contributed by atoms with Crippen LogP contribution in [0.5, 0.6) is 0 Å². The van der Waals surface area contributed by atoms with Crippen molar-refractivity contribution in [3.8, 4) is 0 Å². The molecule has 0 amide bonds. The predicted octanol–water partition coefficient (Wildman–Crippen LogP) is 1.18. The molecule has 14 heavy (non-hydrogen) atoms. The summed E-state index contributed by atoms with van der Waals surface area (Å²) in [5.74, 6) is 0. The average molecular weight is 202 g/mol. The molecule has 4 heteroatoms. The van der Waals surface area contributed by atoms with E-state index in [2.05, 4.69) is 12.6 Å². The summed E-state index contributed by atoms with van der Waals surface area (Å²) in [6, 6.07) is 4.71. The molecule has 0 aliphatic heterocycles. The fourth-order valence-electron chi connectivity index (χ4n) is 1.44. The Morgan fingerprint density at radius 1 is 1.36 bits per heavy atom. The van der Waals surface area contributed by atoms with Crippen LogP contribution >= 0.6 is 12.6 Å². The molecular weight excluding hydrogens is 195 g/mol. The van der Waals surface area contributed by atoms with Crippen molar-refractivity contribution in [2.24, 2.45) is 0 Å². The molecule has 0 unspecified atom stereocenters. The lowest BCUT2D eigenvalue weighted by atomic mass is 9.93. The Morgan fingerprint density at radius 2 is 2.07 bits per heavy atom. The molecule has 1 aromatic carbocycles. The van der Waals surface area contributed by atoms with Crippen molar-refractivity contribution in [2.75, 3.05) is 0 Å². The maximum atomic E-state index is 11.5. The zero-order chi connectivity index (χ0) is 10.3. The molecule has 0 bridgehead atoms. The van der Waals surface area contributed by atoms with Crippen molar-refractivity contribution in [1.82, 2.24) is 0 Å². The molecule has 0 N–H and O–H groups in total. The molecule has 0 fully saturated rings. The second-order valence-corrected chi connectivity index (χ2v) is 3.60. The van der Waals surface area contributed by atoms with Crippen LogP contribution in [0.4, 0.5) is 0 Å². The van der Waals surface area contributed by atoms with E-state index in [1.807, 2.05) is 6.92 Å². The van der Waals surface area contributed by atoms with Gasteiger partial charge in [-0.2, -0.15) is 0 Å². The molecule has 1 heterocycles. The normalized spacial score (nSPS) is 10.7. The summed E-state index contributed by atoms with van der Waals surface area (Å²) in [5, 5.41) is 0.815. The lowest BCUT2D eigenvalue weighted by Gasteiger charge is -2.03. The first-order valence-corrected chi connectivity index (χ1v) is 4.55. The number of thiol groups is 1. The standard InChI is InChI=1S/C10H7BO2S/c1-5-2-6(11)3-7-8(12)4-9(14)13-10(5)7/h2-4,14H,1H3. The molecular formula is C10H7BO2S. The van der Waals surface area contributed by atoms with Crippen molar-refractivity contribution in [3.05, 3.63) is 34.0 Å². The van der Waals surface area contributed by atoms with Crippen LogP contribution < -0.4 is 10.9 Å². The third-order valence-electron chi connectivity index (χ3n) is 2.02. The van der Waals surface area contributed by atoms with E-state index in [-0.39, 0.29) is 5.43 Å². The average Bonchev–Trinajstić information content (AvgIpc) is 2.07. The fraction of sp³-hybridized carbons (Fsp3) is 0.100. The Bertz CT molecular complexity index is 560. The second kappa shape index (κ2) is 3.21. The Hall–Kier alpha value is -1.16. The van der Waals surface area contributed by atoms with Crippen LogP contribution in [-0.2, 0) is 0 Å². The third-order valence-corrected chi connectivity index (χ3v) is 2.24. The van der Waals surface area contributed by atoms with Gasteiger partial charge in [0.2, 0.25) is 0 Å². The van der Waals surface area contributed by atoms with Gasteiger partial charge < -0.3 is 4.42 Å².